The standard InChI is InChI=1S/C47H29N3O/c1-3-11-30(12-4-1)36-25-26-39-42-29-41(38-17-9-10-18-40(38)44(42)51-43(39)28-36)32-20-22-34(23-21-32)46-48-45(33-14-5-2-6-15-33)49-47(50-46)37-24-19-31-13-7-8-16-35(31)27-37/h1-29H. The van der Waals surface area contributed by atoms with Gasteiger partial charge in [-0.3, -0.25) is 0 Å². The van der Waals surface area contributed by atoms with Gasteiger partial charge in [-0.2, -0.15) is 0 Å². The number of hydrogen-bond donors (Lipinski definition) is 0. The van der Waals surface area contributed by atoms with Gasteiger partial charge in [0, 0.05) is 32.8 Å². The molecule has 51 heavy (non-hydrogen) atoms. The summed E-state index contributed by atoms with van der Waals surface area (Å²) in [6, 6.07) is 61.1. The van der Waals surface area contributed by atoms with Gasteiger partial charge in [-0.15, -0.1) is 0 Å². The highest BCUT2D eigenvalue weighted by Crippen LogP contribution is 2.41. The van der Waals surface area contributed by atoms with Crippen molar-refractivity contribution < 1.29 is 4.42 Å². The molecule has 0 bridgehead atoms. The Balaban J connectivity index is 1.09. The lowest BCUT2D eigenvalue weighted by molar-refractivity contribution is 0.673. The van der Waals surface area contributed by atoms with Gasteiger partial charge >= 0.3 is 0 Å². The highest BCUT2D eigenvalue weighted by molar-refractivity contribution is 6.19. The molecule has 10 rings (SSSR count). The molecule has 0 aliphatic heterocycles. The fourth-order valence-corrected chi connectivity index (χ4v) is 7.12. The van der Waals surface area contributed by atoms with Crippen LogP contribution in [0.1, 0.15) is 0 Å². The second-order valence-corrected chi connectivity index (χ2v) is 12.8. The molecular formula is C47H29N3O. The van der Waals surface area contributed by atoms with E-state index in [-0.39, 0.29) is 0 Å². The summed E-state index contributed by atoms with van der Waals surface area (Å²) < 4.78 is 6.59. The number of nitrogens with zero attached hydrogens (tertiary/aromatic N) is 3. The van der Waals surface area contributed by atoms with Crippen LogP contribution in [0.15, 0.2) is 180 Å². The second kappa shape index (κ2) is 11.9. The molecule has 0 fully saturated rings. The molecule has 0 atom stereocenters. The third kappa shape index (κ3) is 5.13. The van der Waals surface area contributed by atoms with Crippen molar-refractivity contribution >= 4 is 43.5 Å². The van der Waals surface area contributed by atoms with Crippen molar-refractivity contribution in [1.29, 1.82) is 0 Å². The lowest BCUT2D eigenvalue weighted by Gasteiger charge is -2.11. The molecule has 0 saturated carbocycles. The second-order valence-electron chi connectivity index (χ2n) is 12.8. The maximum absolute atomic E-state index is 6.59. The minimum absolute atomic E-state index is 0.633. The first-order valence-corrected chi connectivity index (χ1v) is 17.1. The normalized spacial score (nSPS) is 11.5. The largest absolute Gasteiger partial charge is 0.455 e. The van der Waals surface area contributed by atoms with E-state index in [1.807, 2.05) is 36.4 Å². The molecule has 4 nitrogen and oxygen atoms in total. The number of furan rings is 1. The zero-order chi connectivity index (χ0) is 33.7. The Kier molecular flexibility index (Phi) is 6.78. The van der Waals surface area contributed by atoms with Crippen molar-refractivity contribution in [2.45, 2.75) is 0 Å². The first-order valence-electron chi connectivity index (χ1n) is 17.1. The van der Waals surface area contributed by atoms with Crippen LogP contribution in [0.25, 0.3) is 99.9 Å². The summed E-state index contributed by atoms with van der Waals surface area (Å²) in [4.78, 5) is 14.9. The zero-order valence-electron chi connectivity index (χ0n) is 27.5. The highest BCUT2D eigenvalue weighted by Gasteiger charge is 2.17. The lowest BCUT2D eigenvalue weighted by Crippen LogP contribution is -2.00. The highest BCUT2D eigenvalue weighted by atomic mass is 16.3. The molecule has 0 spiro atoms. The predicted octanol–water partition coefficient (Wildman–Crippen LogP) is 12.4. The average Bonchev–Trinajstić information content (AvgIpc) is 3.59. The van der Waals surface area contributed by atoms with Crippen molar-refractivity contribution in [3.05, 3.63) is 176 Å². The van der Waals surface area contributed by atoms with Gasteiger partial charge in [0.05, 0.1) is 0 Å². The third-order valence-corrected chi connectivity index (χ3v) is 9.72. The van der Waals surface area contributed by atoms with Crippen LogP contribution in [0.3, 0.4) is 0 Å². The first kappa shape index (κ1) is 29.0. The van der Waals surface area contributed by atoms with Crippen molar-refractivity contribution in [2.24, 2.45) is 0 Å². The Hall–Kier alpha value is -6.91. The van der Waals surface area contributed by atoms with Crippen LogP contribution in [0, 0.1) is 0 Å². The summed E-state index contributed by atoms with van der Waals surface area (Å²) in [7, 11) is 0. The van der Waals surface area contributed by atoms with Crippen molar-refractivity contribution in [1.82, 2.24) is 15.0 Å². The molecule has 2 aromatic heterocycles. The summed E-state index contributed by atoms with van der Waals surface area (Å²) in [6.07, 6.45) is 0. The summed E-state index contributed by atoms with van der Waals surface area (Å²) in [5, 5.41) is 6.77. The van der Waals surface area contributed by atoms with Crippen molar-refractivity contribution in [2.75, 3.05) is 0 Å². The van der Waals surface area contributed by atoms with Gasteiger partial charge in [-0.1, -0.05) is 152 Å². The SMILES string of the molecule is c1ccc(-c2ccc3c(c2)oc2c4ccccc4c(-c4ccc(-c5nc(-c6ccccc6)nc(-c6ccc7ccccc7c6)n5)cc4)cc32)cc1. The summed E-state index contributed by atoms with van der Waals surface area (Å²) in [6.45, 7) is 0. The van der Waals surface area contributed by atoms with E-state index >= 15 is 0 Å². The molecule has 10 aromatic rings. The van der Waals surface area contributed by atoms with Gasteiger partial charge in [-0.05, 0) is 62.7 Å². The van der Waals surface area contributed by atoms with Crippen LogP contribution in [0.5, 0.6) is 0 Å². The Morgan fingerprint density at radius 3 is 1.61 bits per heavy atom. The minimum atomic E-state index is 0.633. The van der Waals surface area contributed by atoms with E-state index in [2.05, 4.69) is 140 Å². The molecule has 8 aromatic carbocycles. The van der Waals surface area contributed by atoms with E-state index in [4.69, 9.17) is 19.4 Å². The van der Waals surface area contributed by atoms with E-state index in [1.54, 1.807) is 0 Å². The fraction of sp³-hybridized carbons (Fsp3) is 0. The predicted molar refractivity (Wildman–Crippen MR) is 209 cm³/mol. The van der Waals surface area contributed by atoms with E-state index in [0.717, 1.165) is 71.5 Å². The van der Waals surface area contributed by atoms with Crippen LogP contribution in [-0.4, -0.2) is 15.0 Å². The number of aromatic nitrogens is 3. The molecule has 0 aliphatic carbocycles. The molecule has 0 radical (unpaired) electrons. The molecule has 238 valence electrons. The Bertz CT molecular complexity index is 2900. The summed E-state index contributed by atoms with van der Waals surface area (Å²) in [5.74, 6) is 1.92. The molecular weight excluding hydrogens is 623 g/mol. The van der Waals surface area contributed by atoms with Crippen LogP contribution in [-0.2, 0) is 0 Å². The smallest absolute Gasteiger partial charge is 0.164 e. The van der Waals surface area contributed by atoms with Gasteiger partial charge < -0.3 is 4.42 Å². The molecule has 0 unspecified atom stereocenters. The van der Waals surface area contributed by atoms with Gasteiger partial charge in [0.2, 0.25) is 0 Å². The Morgan fingerprint density at radius 1 is 0.314 bits per heavy atom. The molecule has 2 heterocycles. The van der Waals surface area contributed by atoms with E-state index < -0.39 is 0 Å². The molecule has 4 heteroatoms. The maximum atomic E-state index is 6.59. The van der Waals surface area contributed by atoms with Crippen LogP contribution in [0.4, 0.5) is 0 Å². The van der Waals surface area contributed by atoms with E-state index in [0.29, 0.717) is 17.5 Å². The first-order chi connectivity index (χ1) is 25.2. The maximum Gasteiger partial charge on any atom is 0.164 e. The monoisotopic (exact) mass is 651 g/mol. The lowest BCUT2D eigenvalue weighted by atomic mass is 9.94. The number of fused-ring (bicyclic) bond motifs is 6. The van der Waals surface area contributed by atoms with Crippen LogP contribution in [0.2, 0.25) is 0 Å². The fourth-order valence-electron chi connectivity index (χ4n) is 7.12. The number of benzene rings is 8. The summed E-state index contributed by atoms with van der Waals surface area (Å²) >= 11 is 0. The van der Waals surface area contributed by atoms with Crippen molar-refractivity contribution in [3.8, 4) is 56.4 Å². The molecule has 0 aliphatic rings. The summed E-state index contributed by atoms with van der Waals surface area (Å²) in [5.41, 5.74) is 9.19. The van der Waals surface area contributed by atoms with Gasteiger partial charge in [0.15, 0.2) is 17.5 Å². The quantitative estimate of drug-likeness (QED) is 0.186. The van der Waals surface area contributed by atoms with Gasteiger partial charge in [-0.25, -0.2) is 15.0 Å². The molecule has 0 N–H and O–H groups in total. The number of rotatable bonds is 5. The number of hydrogen-bond acceptors (Lipinski definition) is 4. The van der Waals surface area contributed by atoms with E-state index in [9.17, 15) is 0 Å². The Morgan fingerprint density at radius 2 is 0.863 bits per heavy atom. The van der Waals surface area contributed by atoms with Crippen LogP contribution < -0.4 is 0 Å². The van der Waals surface area contributed by atoms with Gasteiger partial charge in [0.1, 0.15) is 11.2 Å². The average molecular weight is 652 g/mol. The van der Waals surface area contributed by atoms with E-state index in [1.165, 1.54) is 10.9 Å². The van der Waals surface area contributed by atoms with Crippen LogP contribution >= 0.6 is 0 Å². The third-order valence-electron chi connectivity index (χ3n) is 9.72. The van der Waals surface area contributed by atoms with Gasteiger partial charge in [0.25, 0.3) is 0 Å². The molecule has 0 saturated heterocycles. The zero-order valence-corrected chi connectivity index (χ0v) is 27.5. The topological polar surface area (TPSA) is 51.8 Å². The Labute approximate surface area is 294 Å². The minimum Gasteiger partial charge on any atom is -0.455 e. The van der Waals surface area contributed by atoms with Crippen molar-refractivity contribution in [3.63, 3.8) is 0 Å². The molecule has 0 amide bonds.